The van der Waals surface area contributed by atoms with E-state index in [1.54, 1.807) is 37.3 Å². The van der Waals surface area contributed by atoms with Gasteiger partial charge in [-0.2, -0.15) is 0 Å². The molecule has 2 saturated carbocycles. The Morgan fingerprint density at radius 3 is 2.32 bits per heavy atom. The van der Waals surface area contributed by atoms with E-state index >= 15 is 0 Å². The Bertz CT molecular complexity index is 1460. The third-order valence-corrected chi connectivity index (χ3v) is 10.6. The van der Waals surface area contributed by atoms with E-state index in [1.165, 1.54) is 24.3 Å². The van der Waals surface area contributed by atoms with Gasteiger partial charge in [0.25, 0.3) is 5.91 Å². The number of halogens is 3. The van der Waals surface area contributed by atoms with Crippen LogP contribution >= 0.6 is 11.6 Å². The minimum absolute atomic E-state index is 0.000390. The molecule has 194 valence electrons. The summed E-state index contributed by atoms with van der Waals surface area (Å²) in [6.07, 6.45) is 2.21. The molecule has 2 atom stereocenters. The molecule has 0 heterocycles. The van der Waals surface area contributed by atoms with E-state index in [4.69, 9.17) is 11.6 Å². The van der Waals surface area contributed by atoms with E-state index in [2.05, 4.69) is 5.32 Å². The maximum absolute atomic E-state index is 14.5. The molecule has 3 aromatic rings. The van der Waals surface area contributed by atoms with Gasteiger partial charge in [-0.3, -0.25) is 4.79 Å². The fourth-order valence-corrected chi connectivity index (χ4v) is 8.15. The zero-order valence-electron chi connectivity index (χ0n) is 20.0. The number of fused-ring (bicyclic) bond motifs is 2. The van der Waals surface area contributed by atoms with Crippen LogP contribution in [0.25, 0.3) is 11.1 Å². The van der Waals surface area contributed by atoms with Gasteiger partial charge in [0.15, 0.2) is 21.5 Å². The number of aliphatic hydroxyl groups is 1. The Morgan fingerprint density at radius 1 is 1.03 bits per heavy atom. The van der Waals surface area contributed by atoms with Crippen LogP contribution in [0, 0.1) is 23.5 Å². The van der Waals surface area contributed by atoms with Crippen molar-refractivity contribution in [3.63, 3.8) is 0 Å². The summed E-state index contributed by atoms with van der Waals surface area (Å²) in [4.78, 5) is 12.9. The molecule has 0 aromatic heterocycles. The molecule has 0 radical (unpaired) electrons. The molecule has 5 nitrogen and oxygen atoms in total. The van der Waals surface area contributed by atoms with Crippen molar-refractivity contribution in [1.82, 2.24) is 0 Å². The molecule has 2 aliphatic rings. The molecular formula is C28H26ClF2NO4S. The van der Waals surface area contributed by atoms with Crippen molar-refractivity contribution in [1.29, 1.82) is 0 Å². The van der Waals surface area contributed by atoms with Gasteiger partial charge in [-0.15, -0.1) is 0 Å². The largest absolute Gasteiger partial charge is 0.390 e. The molecule has 5 rings (SSSR count). The Morgan fingerprint density at radius 2 is 1.68 bits per heavy atom. The van der Waals surface area contributed by atoms with Crippen LogP contribution in [0.1, 0.15) is 43.0 Å². The van der Waals surface area contributed by atoms with Crippen LogP contribution in [0.15, 0.2) is 65.6 Å². The van der Waals surface area contributed by atoms with Crippen molar-refractivity contribution in [3.8, 4) is 11.1 Å². The lowest BCUT2D eigenvalue weighted by molar-refractivity contribution is -0.0413. The highest BCUT2D eigenvalue weighted by molar-refractivity contribution is 7.92. The maximum atomic E-state index is 14.5. The quantitative estimate of drug-likeness (QED) is 0.397. The molecule has 0 aliphatic heterocycles. The molecule has 1 amide bonds. The van der Waals surface area contributed by atoms with Gasteiger partial charge in [0.1, 0.15) is 0 Å². The number of sulfone groups is 1. The van der Waals surface area contributed by atoms with E-state index in [9.17, 15) is 27.1 Å². The van der Waals surface area contributed by atoms with Crippen LogP contribution in [0.2, 0.25) is 5.02 Å². The summed E-state index contributed by atoms with van der Waals surface area (Å²) < 4.78 is 55.9. The van der Waals surface area contributed by atoms with Crippen molar-refractivity contribution < 1.29 is 27.1 Å². The SMILES string of the molecule is CC1(O)C2CCC1CC(S(=O)(=O)c1cc(C(=O)Nc3cc(F)c(F)c(-c4ccccc4)c3)ccc1Cl)C2. The van der Waals surface area contributed by atoms with Crippen LogP contribution in [0.5, 0.6) is 0 Å². The molecule has 2 unspecified atom stereocenters. The zero-order chi connectivity index (χ0) is 26.5. The highest BCUT2D eigenvalue weighted by Gasteiger charge is 2.53. The summed E-state index contributed by atoms with van der Waals surface area (Å²) >= 11 is 6.28. The van der Waals surface area contributed by atoms with E-state index < -0.39 is 38.2 Å². The first kappa shape index (κ1) is 25.8. The molecule has 3 aromatic carbocycles. The number of carbonyl (C=O) groups excluding carboxylic acids is 1. The first-order valence-corrected chi connectivity index (χ1v) is 14.0. The number of benzene rings is 3. The lowest BCUT2D eigenvalue weighted by Gasteiger charge is -2.40. The summed E-state index contributed by atoms with van der Waals surface area (Å²) in [6.45, 7) is 1.78. The predicted molar refractivity (Wildman–Crippen MR) is 138 cm³/mol. The number of anilines is 1. The van der Waals surface area contributed by atoms with Gasteiger partial charge in [-0.1, -0.05) is 41.9 Å². The Balaban J connectivity index is 1.42. The summed E-state index contributed by atoms with van der Waals surface area (Å²) in [6, 6.07) is 14.5. The summed E-state index contributed by atoms with van der Waals surface area (Å²) in [5.74, 6) is -3.07. The number of nitrogens with one attached hydrogen (secondary N) is 1. The van der Waals surface area contributed by atoms with E-state index in [1.807, 2.05) is 0 Å². The van der Waals surface area contributed by atoms with Crippen molar-refractivity contribution >= 4 is 33.0 Å². The van der Waals surface area contributed by atoms with Gasteiger partial charge in [-0.25, -0.2) is 17.2 Å². The third kappa shape index (κ3) is 4.67. The van der Waals surface area contributed by atoms with E-state index in [-0.39, 0.29) is 38.6 Å². The lowest BCUT2D eigenvalue weighted by atomic mass is 9.76. The number of rotatable bonds is 5. The number of hydrogen-bond acceptors (Lipinski definition) is 4. The van der Waals surface area contributed by atoms with Gasteiger partial charge in [0.05, 0.1) is 20.8 Å². The van der Waals surface area contributed by atoms with Crippen molar-refractivity contribution in [3.05, 3.63) is 82.9 Å². The second-order valence-corrected chi connectivity index (χ2v) is 12.7. The minimum atomic E-state index is -3.89. The van der Waals surface area contributed by atoms with Gasteiger partial charge >= 0.3 is 0 Å². The van der Waals surface area contributed by atoms with Gasteiger partial charge in [-0.05, 0) is 74.3 Å². The van der Waals surface area contributed by atoms with Gasteiger partial charge in [0.2, 0.25) is 0 Å². The number of carbonyl (C=O) groups is 1. The highest BCUT2D eigenvalue weighted by Crippen LogP contribution is 2.51. The molecule has 0 saturated heterocycles. The lowest BCUT2D eigenvalue weighted by Crippen LogP contribution is -2.45. The molecule has 2 N–H and O–H groups in total. The molecule has 0 spiro atoms. The van der Waals surface area contributed by atoms with Crippen molar-refractivity contribution in [2.75, 3.05) is 5.32 Å². The number of hydrogen-bond donors (Lipinski definition) is 2. The van der Waals surface area contributed by atoms with Gasteiger partial charge in [0, 0.05) is 22.9 Å². The van der Waals surface area contributed by atoms with E-state index in [0.29, 0.717) is 18.4 Å². The first-order valence-electron chi connectivity index (χ1n) is 12.1. The fraction of sp³-hybridized carbons (Fsp3) is 0.321. The normalized spacial score (nSPS) is 25.2. The summed E-state index contributed by atoms with van der Waals surface area (Å²) in [7, 11) is -3.89. The Labute approximate surface area is 219 Å². The van der Waals surface area contributed by atoms with Crippen LogP contribution in [-0.4, -0.2) is 30.3 Å². The molecule has 37 heavy (non-hydrogen) atoms. The summed E-state index contributed by atoms with van der Waals surface area (Å²) in [5, 5.41) is 12.6. The molecule has 2 bridgehead atoms. The Hall–Kier alpha value is -2.81. The maximum Gasteiger partial charge on any atom is 0.255 e. The first-order chi connectivity index (χ1) is 17.5. The van der Waals surface area contributed by atoms with Gasteiger partial charge < -0.3 is 10.4 Å². The smallest absolute Gasteiger partial charge is 0.255 e. The predicted octanol–water partition coefficient (Wildman–Crippen LogP) is 6.25. The molecule has 9 heteroatoms. The van der Waals surface area contributed by atoms with Crippen LogP contribution < -0.4 is 5.32 Å². The summed E-state index contributed by atoms with van der Waals surface area (Å²) in [5.41, 5.74) is -0.415. The molecule has 2 fully saturated rings. The standard InChI is InChI=1S/C28H26ClF2NO4S/c1-28(34)18-8-9-19(28)13-21(12-18)37(35,36)25-11-17(7-10-23(25)29)27(33)32-20-14-22(26(31)24(30)15-20)16-5-3-2-4-6-16/h2-7,10-11,14-15,18-19,21,34H,8-9,12-13H2,1H3,(H,32,33). The fourth-order valence-electron chi connectivity index (χ4n) is 5.75. The average molecular weight is 546 g/mol. The second kappa shape index (κ2) is 9.49. The van der Waals surface area contributed by atoms with Crippen molar-refractivity contribution in [2.45, 2.75) is 48.4 Å². The third-order valence-electron chi connectivity index (χ3n) is 7.92. The van der Waals surface area contributed by atoms with Crippen LogP contribution in [0.3, 0.4) is 0 Å². The molecule has 2 aliphatic carbocycles. The second-order valence-electron chi connectivity index (χ2n) is 10.1. The Kier molecular flexibility index (Phi) is 6.63. The van der Waals surface area contributed by atoms with Crippen molar-refractivity contribution in [2.24, 2.45) is 11.8 Å². The van der Waals surface area contributed by atoms with E-state index in [0.717, 1.165) is 18.9 Å². The minimum Gasteiger partial charge on any atom is -0.390 e. The highest BCUT2D eigenvalue weighted by atomic mass is 35.5. The average Bonchev–Trinajstić information content (AvgIpc) is 3.02. The van der Waals surface area contributed by atoms with Crippen LogP contribution in [0.4, 0.5) is 14.5 Å². The monoisotopic (exact) mass is 545 g/mol. The number of amides is 1. The molecular weight excluding hydrogens is 520 g/mol. The van der Waals surface area contributed by atoms with Crippen LogP contribution in [-0.2, 0) is 9.84 Å². The zero-order valence-corrected chi connectivity index (χ0v) is 21.6. The topological polar surface area (TPSA) is 83.5 Å².